The summed E-state index contributed by atoms with van der Waals surface area (Å²) >= 11 is 0. The lowest BCUT2D eigenvalue weighted by atomic mass is 9.99. The van der Waals surface area contributed by atoms with E-state index in [4.69, 9.17) is 5.11 Å². The minimum atomic E-state index is -1.00. The van der Waals surface area contributed by atoms with Crippen LogP contribution >= 0.6 is 0 Å². The fourth-order valence-electron chi connectivity index (χ4n) is 2.08. The first kappa shape index (κ1) is 17.0. The molecule has 0 saturated heterocycles. The van der Waals surface area contributed by atoms with Gasteiger partial charge in [-0.25, -0.2) is 9.59 Å². The SMILES string of the molecule is CCC(C)[C@H](NC(=O)NCCc1ccccc1C)C(=O)O. The molecule has 5 heteroatoms. The number of urea groups is 1. The Labute approximate surface area is 125 Å². The zero-order valence-electron chi connectivity index (χ0n) is 12.8. The second-order valence-electron chi connectivity index (χ2n) is 5.28. The first-order chi connectivity index (χ1) is 9.95. The van der Waals surface area contributed by atoms with E-state index < -0.39 is 18.0 Å². The van der Waals surface area contributed by atoms with Gasteiger partial charge >= 0.3 is 12.0 Å². The number of rotatable bonds is 7. The van der Waals surface area contributed by atoms with Crippen molar-refractivity contribution in [3.05, 3.63) is 35.4 Å². The molecule has 0 spiro atoms. The van der Waals surface area contributed by atoms with Crippen molar-refractivity contribution in [2.45, 2.75) is 39.7 Å². The van der Waals surface area contributed by atoms with Crippen LogP contribution in [0.4, 0.5) is 4.79 Å². The molecule has 21 heavy (non-hydrogen) atoms. The number of aryl methyl sites for hydroxylation is 1. The van der Waals surface area contributed by atoms with Crippen LogP contribution < -0.4 is 10.6 Å². The predicted octanol–water partition coefficient (Wildman–Crippen LogP) is 2.34. The normalized spacial score (nSPS) is 13.3. The molecule has 0 heterocycles. The number of hydrogen-bond acceptors (Lipinski definition) is 2. The van der Waals surface area contributed by atoms with E-state index in [2.05, 4.69) is 10.6 Å². The van der Waals surface area contributed by atoms with Gasteiger partial charge in [-0.15, -0.1) is 0 Å². The zero-order valence-corrected chi connectivity index (χ0v) is 12.8. The van der Waals surface area contributed by atoms with Gasteiger partial charge in [0, 0.05) is 6.54 Å². The summed E-state index contributed by atoms with van der Waals surface area (Å²) in [6.07, 6.45) is 1.42. The molecular formula is C16H24N2O3. The largest absolute Gasteiger partial charge is 0.480 e. The number of aliphatic carboxylic acids is 1. The third-order valence-electron chi connectivity index (χ3n) is 3.71. The Morgan fingerprint density at radius 1 is 1.29 bits per heavy atom. The van der Waals surface area contributed by atoms with Crippen LogP contribution in [0, 0.1) is 12.8 Å². The highest BCUT2D eigenvalue weighted by atomic mass is 16.4. The second-order valence-corrected chi connectivity index (χ2v) is 5.28. The molecule has 0 aromatic heterocycles. The second kappa shape index (κ2) is 8.29. The maximum absolute atomic E-state index is 11.8. The van der Waals surface area contributed by atoms with E-state index in [0.717, 1.165) is 6.42 Å². The summed E-state index contributed by atoms with van der Waals surface area (Å²) in [7, 11) is 0. The van der Waals surface area contributed by atoms with Crippen molar-refractivity contribution in [3.8, 4) is 0 Å². The molecule has 5 nitrogen and oxygen atoms in total. The van der Waals surface area contributed by atoms with E-state index in [1.165, 1.54) is 11.1 Å². The number of carboxylic acid groups (broad SMARTS) is 1. The number of carboxylic acids is 1. The molecule has 0 aliphatic heterocycles. The number of carbonyl (C=O) groups excluding carboxylic acids is 1. The van der Waals surface area contributed by atoms with Crippen LogP contribution in [-0.4, -0.2) is 29.7 Å². The molecular weight excluding hydrogens is 268 g/mol. The van der Waals surface area contributed by atoms with Crippen LogP contribution in [-0.2, 0) is 11.2 Å². The van der Waals surface area contributed by atoms with Gasteiger partial charge in [-0.05, 0) is 30.4 Å². The van der Waals surface area contributed by atoms with Gasteiger partial charge in [0.25, 0.3) is 0 Å². The molecule has 2 atom stereocenters. The number of benzene rings is 1. The van der Waals surface area contributed by atoms with Crippen LogP contribution in [0.3, 0.4) is 0 Å². The predicted molar refractivity (Wildman–Crippen MR) is 82.3 cm³/mol. The van der Waals surface area contributed by atoms with Crippen LogP contribution in [0.5, 0.6) is 0 Å². The van der Waals surface area contributed by atoms with Gasteiger partial charge in [0.15, 0.2) is 0 Å². The Hall–Kier alpha value is -2.04. The van der Waals surface area contributed by atoms with Gasteiger partial charge in [-0.1, -0.05) is 44.5 Å². The average Bonchev–Trinajstić information content (AvgIpc) is 2.45. The fourth-order valence-corrected chi connectivity index (χ4v) is 2.08. The number of nitrogens with one attached hydrogen (secondary N) is 2. The smallest absolute Gasteiger partial charge is 0.326 e. The van der Waals surface area contributed by atoms with Crippen molar-refractivity contribution in [2.75, 3.05) is 6.54 Å². The molecule has 0 saturated carbocycles. The summed E-state index contributed by atoms with van der Waals surface area (Å²) in [5.41, 5.74) is 2.36. The van der Waals surface area contributed by atoms with E-state index in [-0.39, 0.29) is 5.92 Å². The van der Waals surface area contributed by atoms with E-state index in [1.807, 2.05) is 45.0 Å². The van der Waals surface area contributed by atoms with Crippen molar-refractivity contribution in [1.29, 1.82) is 0 Å². The minimum absolute atomic E-state index is 0.107. The molecule has 2 amide bonds. The lowest BCUT2D eigenvalue weighted by Gasteiger charge is -2.20. The van der Waals surface area contributed by atoms with Gasteiger partial charge in [-0.3, -0.25) is 0 Å². The molecule has 1 aromatic rings. The summed E-state index contributed by atoms with van der Waals surface area (Å²) in [4.78, 5) is 22.9. The van der Waals surface area contributed by atoms with Gasteiger partial charge in [-0.2, -0.15) is 0 Å². The maximum Gasteiger partial charge on any atom is 0.326 e. The van der Waals surface area contributed by atoms with E-state index in [0.29, 0.717) is 13.0 Å². The van der Waals surface area contributed by atoms with Gasteiger partial charge in [0.1, 0.15) is 6.04 Å². The van der Waals surface area contributed by atoms with Crippen LogP contribution in [0.15, 0.2) is 24.3 Å². The Morgan fingerprint density at radius 2 is 1.95 bits per heavy atom. The van der Waals surface area contributed by atoms with Crippen molar-refractivity contribution in [2.24, 2.45) is 5.92 Å². The lowest BCUT2D eigenvalue weighted by molar-refractivity contribution is -0.140. The number of carbonyl (C=O) groups is 2. The fraction of sp³-hybridized carbons (Fsp3) is 0.500. The van der Waals surface area contributed by atoms with Crippen molar-refractivity contribution < 1.29 is 14.7 Å². The van der Waals surface area contributed by atoms with E-state index in [9.17, 15) is 9.59 Å². The lowest BCUT2D eigenvalue weighted by Crippen LogP contribution is -2.49. The van der Waals surface area contributed by atoms with Crippen molar-refractivity contribution in [3.63, 3.8) is 0 Å². The molecule has 0 fully saturated rings. The Bertz CT molecular complexity index is 488. The van der Waals surface area contributed by atoms with Crippen LogP contribution in [0.2, 0.25) is 0 Å². The quantitative estimate of drug-likeness (QED) is 0.721. The van der Waals surface area contributed by atoms with Gasteiger partial charge < -0.3 is 15.7 Å². The molecule has 0 radical (unpaired) electrons. The summed E-state index contributed by atoms with van der Waals surface area (Å²) in [6, 6.07) is 6.70. The van der Waals surface area contributed by atoms with Crippen molar-refractivity contribution in [1.82, 2.24) is 10.6 Å². The first-order valence-electron chi connectivity index (χ1n) is 7.27. The summed E-state index contributed by atoms with van der Waals surface area (Å²) in [5, 5.41) is 14.3. The van der Waals surface area contributed by atoms with Crippen LogP contribution in [0.25, 0.3) is 0 Å². The molecule has 1 rings (SSSR count). The van der Waals surface area contributed by atoms with E-state index in [1.54, 1.807) is 0 Å². The molecule has 0 bridgehead atoms. The summed E-state index contributed by atoms with van der Waals surface area (Å²) in [5.74, 6) is -1.11. The molecule has 116 valence electrons. The Balaban J connectivity index is 2.43. The summed E-state index contributed by atoms with van der Waals surface area (Å²) in [6.45, 7) is 6.22. The zero-order chi connectivity index (χ0) is 15.8. The average molecular weight is 292 g/mol. The highest BCUT2D eigenvalue weighted by Crippen LogP contribution is 2.08. The molecule has 0 aliphatic rings. The molecule has 1 unspecified atom stereocenters. The monoisotopic (exact) mass is 292 g/mol. The first-order valence-corrected chi connectivity index (χ1v) is 7.27. The molecule has 1 aromatic carbocycles. The highest BCUT2D eigenvalue weighted by molar-refractivity contribution is 5.82. The van der Waals surface area contributed by atoms with Crippen molar-refractivity contribution >= 4 is 12.0 Å². The standard InChI is InChI=1S/C16H24N2O3/c1-4-11(2)14(15(19)20)18-16(21)17-10-9-13-8-6-5-7-12(13)3/h5-8,11,14H,4,9-10H2,1-3H3,(H,19,20)(H2,17,18,21)/t11?,14-/m0/s1. The Morgan fingerprint density at radius 3 is 2.52 bits per heavy atom. The van der Waals surface area contributed by atoms with Gasteiger partial charge in [0.05, 0.1) is 0 Å². The van der Waals surface area contributed by atoms with Crippen LogP contribution in [0.1, 0.15) is 31.4 Å². The maximum atomic E-state index is 11.8. The molecule has 0 aliphatic carbocycles. The third-order valence-corrected chi connectivity index (χ3v) is 3.71. The topological polar surface area (TPSA) is 78.4 Å². The highest BCUT2D eigenvalue weighted by Gasteiger charge is 2.24. The number of amides is 2. The Kier molecular flexibility index (Phi) is 6.72. The minimum Gasteiger partial charge on any atom is -0.480 e. The van der Waals surface area contributed by atoms with E-state index >= 15 is 0 Å². The summed E-state index contributed by atoms with van der Waals surface area (Å²) < 4.78 is 0. The number of hydrogen-bond donors (Lipinski definition) is 3. The van der Waals surface area contributed by atoms with Gasteiger partial charge in [0.2, 0.25) is 0 Å². The molecule has 3 N–H and O–H groups in total. The third kappa shape index (κ3) is 5.45.